The number of methoxy groups -OCH3 is 1. The Morgan fingerprint density at radius 3 is 2.50 bits per heavy atom. The summed E-state index contributed by atoms with van der Waals surface area (Å²) < 4.78 is 44.7. The van der Waals surface area contributed by atoms with Crippen LogP contribution in [0.3, 0.4) is 0 Å². The fraction of sp³-hybridized carbons (Fsp3) is 0.214. The van der Waals surface area contributed by atoms with E-state index in [0.717, 1.165) is 11.8 Å². The Hall–Kier alpha value is -2.64. The molecule has 2 aromatic heterocycles. The van der Waals surface area contributed by atoms with Gasteiger partial charge in [0.05, 0.1) is 26.2 Å². The molecule has 0 spiro atoms. The van der Waals surface area contributed by atoms with Crippen molar-refractivity contribution in [3.05, 3.63) is 48.2 Å². The summed E-state index contributed by atoms with van der Waals surface area (Å²) in [5.41, 5.74) is 1.37. The summed E-state index contributed by atoms with van der Waals surface area (Å²) in [5, 5.41) is 0. The Labute approximate surface area is 123 Å². The molecule has 0 saturated carbocycles. The van der Waals surface area contributed by atoms with Crippen LogP contribution in [0.1, 0.15) is 11.4 Å². The van der Waals surface area contributed by atoms with Crippen LogP contribution < -0.4 is 4.74 Å². The van der Waals surface area contributed by atoms with Gasteiger partial charge in [0.2, 0.25) is 5.82 Å². The maximum absolute atomic E-state index is 12.7. The largest absolute Gasteiger partial charge is 0.497 e. The summed E-state index contributed by atoms with van der Waals surface area (Å²) in [5.74, 6) is -0.461. The van der Waals surface area contributed by atoms with Crippen molar-refractivity contribution in [2.45, 2.75) is 12.7 Å². The Morgan fingerprint density at radius 2 is 1.86 bits per heavy atom. The number of imidazole rings is 1. The molecule has 0 aliphatic rings. The molecule has 22 heavy (non-hydrogen) atoms. The predicted octanol–water partition coefficient (Wildman–Crippen LogP) is 2.90. The molecule has 114 valence electrons. The van der Waals surface area contributed by atoms with Crippen LogP contribution in [0.4, 0.5) is 13.2 Å². The molecule has 0 bridgehead atoms. The van der Waals surface area contributed by atoms with E-state index in [1.807, 2.05) is 12.1 Å². The van der Waals surface area contributed by atoms with E-state index < -0.39 is 12.0 Å². The molecule has 0 fully saturated rings. The second-order valence-electron chi connectivity index (χ2n) is 4.62. The number of hydrogen-bond acceptors (Lipinski definition) is 4. The molecule has 1 aromatic carbocycles. The van der Waals surface area contributed by atoms with E-state index in [4.69, 9.17) is 4.74 Å². The molecule has 0 aliphatic heterocycles. The van der Waals surface area contributed by atoms with Gasteiger partial charge < -0.3 is 9.30 Å². The molecule has 0 atom stereocenters. The summed E-state index contributed by atoms with van der Waals surface area (Å²) in [6, 6.07) is 7.22. The lowest BCUT2D eigenvalue weighted by Gasteiger charge is -2.07. The molecular formula is C14H11F3N4O. The Bertz CT molecular complexity index is 796. The average Bonchev–Trinajstić information content (AvgIpc) is 2.89. The van der Waals surface area contributed by atoms with E-state index in [9.17, 15) is 13.2 Å². The van der Waals surface area contributed by atoms with E-state index in [0.29, 0.717) is 17.8 Å². The normalized spacial score (nSPS) is 11.8. The van der Waals surface area contributed by atoms with Crippen LogP contribution in [-0.2, 0) is 12.7 Å². The van der Waals surface area contributed by atoms with Crippen molar-refractivity contribution in [1.29, 1.82) is 0 Å². The fourth-order valence-electron chi connectivity index (χ4n) is 2.04. The second kappa shape index (κ2) is 5.28. The molecule has 8 heteroatoms. The molecule has 3 aromatic rings. The van der Waals surface area contributed by atoms with Crippen LogP contribution in [0.5, 0.6) is 5.75 Å². The van der Waals surface area contributed by atoms with Gasteiger partial charge in [0.15, 0.2) is 5.65 Å². The van der Waals surface area contributed by atoms with E-state index in [-0.39, 0.29) is 5.65 Å². The first-order valence-corrected chi connectivity index (χ1v) is 6.35. The molecule has 0 N–H and O–H groups in total. The molecule has 2 heterocycles. The maximum atomic E-state index is 12.7. The van der Waals surface area contributed by atoms with Crippen molar-refractivity contribution < 1.29 is 17.9 Å². The zero-order valence-electron chi connectivity index (χ0n) is 11.5. The van der Waals surface area contributed by atoms with Crippen molar-refractivity contribution in [2.24, 2.45) is 0 Å². The number of ether oxygens (including phenoxy) is 1. The Morgan fingerprint density at radius 1 is 1.14 bits per heavy atom. The first kappa shape index (κ1) is 14.3. The summed E-state index contributed by atoms with van der Waals surface area (Å²) in [7, 11) is 1.56. The lowest BCUT2D eigenvalue weighted by molar-refractivity contribution is -0.144. The van der Waals surface area contributed by atoms with Crippen molar-refractivity contribution in [1.82, 2.24) is 19.5 Å². The Kier molecular flexibility index (Phi) is 3.44. The number of hydrogen-bond donors (Lipinski definition) is 0. The lowest BCUT2D eigenvalue weighted by atomic mass is 10.2. The first-order valence-electron chi connectivity index (χ1n) is 6.35. The van der Waals surface area contributed by atoms with Gasteiger partial charge in [-0.1, -0.05) is 12.1 Å². The van der Waals surface area contributed by atoms with Crippen LogP contribution in [-0.4, -0.2) is 26.6 Å². The minimum absolute atomic E-state index is 0.151. The zero-order chi connectivity index (χ0) is 15.7. The van der Waals surface area contributed by atoms with E-state index in [1.165, 1.54) is 6.33 Å². The highest BCUT2D eigenvalue weighted by molar-refractivity contribution is 5.69. The minimum Gasteiger partial charge on any atom is -0.497 e. The molecule has 0 aliphatic carbocycles. The molecule has 0 amide bonds. The lowest BCUT2D eigenvalue weighted by Crippen LogP contribution is -2.11. The number of fused-ring (bicyclic) bond motifs is 1. The van der Waals surface area contributed by atoms with Crippen LogP contribution >= 0.6 is 0 Å². The Balaban J connectivity index is 1.96. The third kappa shape index (κ3) is 2.72. The van der Waals surface area contributed by atoms with Crippen molar-refractivity contribution in [3.8, 4) is 5.75 Å². The maximum Gasteiger partial charge on any atom is 0.451 e. The molecular weight excluding hydrogens is 297 g/mol. The van der Waals surface area contributed by atoms with E-state index >= 15 is 0 Å². The molecule has 0 radical (unpaired) electrons. The smallest absolute Gasteiger partial charge is 0.451 e. The number of halogens is 3. The second-order valence-corrected chi connectivity index (χ2v) is 4.62. The van der Waals surface area contributed by atoms with Gasteiger partial charge in [-0.05, 0) is 17.7 Å². The van der Waals surface area contributed by atoms with Gasteiger partial charge in [-0.15, -0.1) is 0 Å². The van der Waals surface area contributed by atoms with Crippen LogP contribution in [0.15, 0.2) is 36.8 Å². The van der Waals surface area contributed by atoms with Crippen LogP contribution in [0.25, 0.3) is 11.2 Å². The molecule has 0 unspecified atom stereocenters. The highest BCUT2D eigenvalue weighted by Gasteiger charge is 2.35. The van der Waals surface area contributed by atoms with Crippen molar-refractivity contribution >= 4 is 11.2 Å². The first-order chi connectivity index (χ1) is 10.5. The third-order valence-corrected chi connectivity index (χ3v) is 3.12. The van der Waals surface area contributed by atoms with E-state index in [1.54, 1.807) is 23.8 Å². The summed E-state index contributed by atoms with van der Waals surface area (Å²) in [4.78, 5) is 10.9. The zero-order valence-corrected chi connectivity index (χ0v) is 11.5. The fourth-order valence-corrected chi connectivity index (χ4v) is 2.04. The number of nitrogens with zero attached hydrogens (tertiary/aromatic N) is 4. The van der Waals surface area contributed by atoms with Gasteiger partial charge in [-0.2, -0.15) is 13.2 Å². The van der Waals surface area contributed by atoms with Crippen molar-refractivity contribution in [2.75, 3.05) is 7.11 Å². The summed E-state index contributed by atoms with van der Waals surface area (Å²) in [6.07, 6.45) is -2.05. The third-order valence-electron chi connectivity index (χ3n) is 3.12. The predicted molar refractivity (Wildman–Crippen MR) is 72.4 cm³/mol. The topological polar surface area (TPSA) is 52.8 Å². The number of rotatable bonds is 3. The monoisotopic (exact) mass is 308 g/mol. The van der Waals surface area contributed by atoms with Gasteiger partial charge in [-0.3, -0.25) is 0 Å². The number of aromatic nitrogens is 4. The number of alkyl halides is 3. The van der Waals surface area contributed by atoms with E-state index in [2.05, 4.69) is 15.0 Å². The van der Waals surface area contributed by atoms with Gasteiger partial charge in [0.25, 0.3) is 0 Å². The molecule has 0 saturated heterocycles. The quantitative estimate of drug-likeness (QED) is 0.746. The van der Waals surface area contributed by atoms with Crippen molar-refractivity contribution in [3.63, 3.8) is 0 Å². The van der Waals surface area contributed by atoms with Crippen LogP contribution in [0.2, 0.25) is 0 Å². The SMILES string of the molecule is COc1ccc(Cn2cnc3cnc(C(F)(F)F)nc32)cc1. The standard InChI is InChI=1S/C14H11F3N4O/c1-22-10-4-2-9(3-5-10)7-21-8-19-11-6-18-13(14(15,16)17)20-12(11)21/h2-6,8H,7H2,1H3. The summed E-state index contributed by atoms with van der Waals surface area (Å²) >= 11 is 0. The van der Waals surface area contributed by atoms with Gasteiger partial charge in [0, 0.05) is 0 Å². The number of benzene rings is 1. The van der Waals surface area contributed by atoms with Gasteiger partial charge >= 0.3 is 6.18 Å². The van der Waals surface area contributed by atoms with Crippen LogP contribution in [0, 0.1) is 0 Å². The van der Waals surface area contributed by atoms with Gasteiger partial charge in [-0.25, -0.2) is 15.0 Å². The highest BCUT2D eigenvalue weighted by atomic mass is 19.4. The minimum atomic E-state index is -4.58. The summed E-state index contributed by atoms with van der Waals surface area (Å²) in [6.45, 7) is 0.356. The van der Waals surface area contributed by atoms with Gasteiger partial charge in [0.1, 0.15) is 11.3 Å². The molecule has 3 rings (SSSR count). The average molecular weight is 308 g/mol. The highest BCUT2D eigenvalue weighted by Crippen LogP contribution is 2.27. The molecule has 5 nitrogen and oxygen atoms in total.